The number of aromatic nitrogens is 1. The van der Waals surface area contributed by atoms with Crippen LogP contribution in [0.1, 0.15) is 60.5 Å². The number of amides is 1. The van der Waals surface area contributed by atoms with Crippen LogP contribution < -0.4 is 10.6 Å². The van der Waals surface area contributed by atoms with E-state index in [2.05, 4.69) is 27.5 Å². The molecule has 1 amide bonds. The number of rotatable bonds is 7. The maximum atomic E-state index is 12.3. The first-order valence-corrected chi connectivity index (χ1v) is 10.9. The van der Waals surface area contributed by atoms with Gasteiger partial charge in [0.2, 0.25) is 0 Å². The number of hydrogen-bond donors (Lipinski definition) is 4. The molecule has 0 unspecified atom stereocenters. The topological polar surface area (TPSA) is 112 Å². The number of aliphatic hydroxyl groups is 2. The second-order valence-electron chi connectivity index (χ2n) is 8.05. The minimum Gasteiger partial charge on any atom is -0.391 e. The van der Waals surface area contributed by atoms with Crippen LogP contribution in [0.5, 0.6) is 0 Å². The number of benzene rings is 1. The Balaban J connectivity index is 1.58. The summed E-state index contributed by atoms with van der Waals surface area (Å²) in [6.45, 7) is 0.626. The predicted octanol–water partition coefficient (Wildman–Crippen LogP) is 2.27. The van der Waals surface area contributed by atoms with E-state index in [1.54, 1.807) is 30.5 Å². The minimum atomic E-state index is -1.16. The van der Waals surface area contributed by atoms with Crippen molar-refractivity contribution in [1.29, 1.82) is 0 Å². The maximum Gasteiger partial charge on any atom is 0.251 e. The highest BCUT2D eigenvalue weighted by Gasteiger charge is 2.25. The zero-order chi connectivity index (χ0) is 22.9. The number of aliphatic hydroxyl groups excluding tert-OH is 2. The Bertz CT molecular complexity index is 969. The Hall–Kier alpha value is -3.21. The Morgan fingerprint density at radius 3 is 2.31 bits per heavy atom. The molecule has 1 aliphatic rings. The molecule has 0 radical (unpaired) electrons. The first-order valence-electron chi connectivity index (χ1n) is 10.9. The number of ketones is 1. The first-order chi connectivity index (χ1) is 15.5. The predicted molar refractivity (Wildman–Crippen MR) is 122 cm³/mol. The second-order valence-corrected chi connectivity index (χ2v) is 8.05. The van der Waals surface area contributed by atoms with Crippen molar-refractivity contribution in [2.24, 2.45) is 0 Å². The minimum absolute atomic E-state index is 0.326. The lowest BCUT2D eigenvalue weighted by molar-refractivity contribution is -0.125. The summed E-state index contributed by atoms with van der Waals surface area (Å²) in [5.74, 6) is 5.82. The number of carbonyl (C=O) groups excluding carboxylic acids is 2. The van der Waals surface area contributed by atoms with Gasteiger partial charge >= 0.3 is 0 Å². The average Bonchev–Trinajstić information content (AvgIpc) is 2.82. The highest BCUT2D eigenvalue weighted by Crippen LogP contribution is 2.20. The third-order valence-corrected chi connectivity index (χ3v) is 5.49. The fraction of sp³-hybridized carbons (Fsp3) is 0.400. The van der Waals surface area contributed by atoms with Gasteiger partial charge in [0, 0.05) is 28.9 Å². The normalized spacial score (nSPS) is 15.7. The molecule has 0 saturated heterocycles. The lowest BCUT2D eigenvalue weighted by atomic mass is 9.95. The number of nitrogens with zero attached hydrogens (tertiary/aromatic N) is 1. The van der Waals surface area contributed by atoms with E-state index in [0.717, 1.165) is 16.9 Å². The third kappa shape index (κ3) is 6.64. The van der Waals surface area contributed by atoms with Gasteiger partial charge in [0.1, 0.15) is 18.5 Å². The van der Waals surface area contributed by atoms with Crippen LogP contribution in [-0.4, -0.2) is 51.7 Å². The maximum absolute atomic E-state index is 12.3. The number of Topliss-reactive ketones (excluding diaryl/α,β-unsaturated/α-hetero) is 1. The van der Waals surface area contributed by atoms with E-state index in [0.29, 0.717) is 11.6 Å². The summed E-state index contributed by atoms with van der Waals surface area (Å²) in [5, 5.41) is 24.6. The molecule has 7 heteroatoms. The van der Waals surface area contributed by atoms with Crippen molar-refractivity contribution in [3.8, 4) is 11.8 Å². The van der Waals surface area contributed by atoms with Crippen LogP contribution in [0, 0.1) is 11.8 Å². The molecule has 2 atom stereocenters. The zero-order valence-electron chi connectivity index (χ0n) is 18.2. The Kier molecular flexibility index (Phi) is 8.37. The van der Waals surface area contributed by atoms with Gasteiger partial charge in [0.15, 0.2) is 5.78 Å². The van der Waals surface area contributed by atoms with Gasteiger partial charge in [-0.05, 0) is 56.2 Å². The van der Waals surface area contributed by atoms with Crippen molar-refractivity contribution in [2.45, 2.75) is 57.2 Å². The van der Waals surface area contributed by atoms with Crippen LogP contribution in [0.2, 0.25) is 0 Å². The number of anilines is 1. The van der Waals surface area contributed by atoms with E-state index >= 15 is 0 Å². The molecule has 1 aromatic heterocycles. The molecule has 2 aromatic rings. The van der Waals surface area contributed by atoms with Crippen molar-refractivity contribution in [2.75, 3.05) is 11.9 Å². The molecule has 7 nitrogen and oxygen atoms in total. The highest BCUT2D eigenvalue weighted by atomic mass is 16.3. The zero-order valence-corrected chi connectivity index (χ0v) is 18.2. The van der Waals surface area contributed by atoms with Gasteiger partial charge in [-0.2, -0.15) is 0 Å². The molecule has 1 aromatic carbocycles. The third-order valence-electron chi connectivity index (χ3n) is 5.49. The van der Waals surface area contributed by atoms with Crippen LogP contribution in [0.4, 0.5) is 5.82 Å². The van der Waals surface area contributed by atoms with E-state index in [-0.39, 0.29) is 0 Å². The molecule has 1 aliphatic carbocycles. The van der Waals surface area contributed by atoms with E-state index in [1.807, 2.05) is 12.1 Å². The fourth-order valence-corrected chi connectivity index (χ4v) is 3.65. The van der Waals surface area contributed by atoms with Crippen LogP contribution in [0.15, 0.2) is 42.6 Å². The Morgan fingerprint density at radius 1 is 1.06 bits per heavy atom. The SMILES string of the molecule is C[C@@H](O)[C@H](NC(=O)c1ccc(C#Cc2ccc(NC3CCCCC3)nc2)cc1)C(=O)CO. The van der Waals surface area contributed by atoms with E-state index in [9.17, 15) is 14.7 Å². The van der Waals surface area contributed by atoms with Crippen LogP contribution >= 0.6 is 0 Å². The Labute approximate surface area is 188 Å². The van der Waals surface area contributed by atoms with Crippen LogP contribution in [0.25, 0.3) is 0 Å². The van der Waals surface area contributed by atoms with Crippen molar-refractivity contribution in [3.63, 3.8) is 0 Å². The van der Waals surface area contributed by atoms with Gasteiger partial charge in [-0.15, -0.1) is 0 Å². The van der Waals surface area contributed by atoms with Crippen LogP contribution in [-0.2, 0) is 4.79 Å². The molecule has 1 saturated carbocycles. The number of nitrogens with one attached hydrogen (secondary N) is 2. The van der Waals surface area contributed by atoms with Gasteiger partial charge in [-0.25, -0.2) is 4.98 Å². The number of hydrogen-bond acceptors (Lipinski definition) is 6. The molecule has 0 spiro atoms. The van der Waals surface area contributed by atoms with Crippen molar-refractivity contribution in [3.05, 3.63) is 59.3 Å². The fourth-order valence-electron chi connectivity index (χ4n) is 3.65. The Morgan fingerprint density at radius 2 is 1.72 bits per heavy atom. The van der Waals surface area contributed by atoms with E-state index < -0.39 is 30.4 Å². The van der Waals surface area contributed by atoms with E-state index in [1.165, 1.54) is 39.0 Å². The number of carbonyl (C=O) groups is 2. The molecule has 0 bridgehead atoms. The summed E-state index contributed by atoms with van der Waals surface area (Å²) < 4.78 is 0. The molecule has 0 aliphatic heterocycles. The quantitative estimate of drug-likeness (QED) is 0.497. The van der Waals surface area contributed by atoms with Gasteiger partial charge in [-0.1, -0.05) is 31.1 Å². The molecule has 1 fully saturated rings. The second kappa shape index (κ2) is 11.4. The average molecular weight is 436 g/mol. The molecular formula is C25H29N3O4. The van der Waals surface area contributed by atoms with Gasteiger partial charge in [0.25, 0.3) is 5.91 Å². The van der Waals surface area contributed by atoms with Crippen molar-refractivity contribution < 1.29 is 19.8 Å². The molecule has 168 valence electrons. The van der Waals surface area contributed by atoms with E-state index in [4.69, 9.17) is 5.11 Å². The van der Waals surface area contributed by atoms with Gasteiger partial charge in [0.05, 0.1) is 6.10 Å². The molecule has 32 heavy (non-hydrogen) atoms. The first kappa shape index (κ1) is 23.5. The summed E-state index contributed by atoms with van der Waals surface area (Å²) in [4.78, 5) is 28.5. The van der Waals surface area contributed by atoms with Gasteiger partial charge < -0.3 is 20.8 Å². The highest BCUT2D eigenvalue weighted by molar-refractivity contribution is 5.98. The lowest BCUT2D eigenvalue weighted by Crippen LogP contribution is -2.48. The number of pyridine rings is 1. The van der Waals surface area contributed by atoms with Gasteiger partial charge in [-0.3, -0.25) is 9.59 Å². The largest absolute Gasteiger partial charge is 0.391 e. The summed E-state index contributed by atoms with van der Waals surface area (Å²) in [6, 6.07) is 9.82. The molecule has 4 N–H and O–H groups in total. The van der Waals surface area contributed by atoms with Crippen LogP contribution in [0.3, 0.4) is 0 Å². The molecular weight excluding hydrogens is 406 g/mol. The summed E-state index contributed by atoms with van der Waals surface area (Å²) in [6.07, 6.45) is 6.87. The monoisotopic (exact) mass is 435 g/mol. The lowest BCUT2D eigenvalue weighted by Gasteiger charge is -2.23. The van der Waals surface area contributed by atoms with Crippen molar-refractivity contribution in [1.82, 2.24) is 10.3 Å². The summed E-state index contributed by atoms with van der Waals surface area (Å²) >= 11 is 0. The summed E-state index contributed by atoms with van der Waals surface area (Å²) in [5.41, 5.74) is 1.85. The smallest absolute Gasteiger partial charge is 0.251 e. The molecule has 3 rings (SSSR count). The standard InChI is InChI=1S/C25H29N3O4/c1-17(30)24(22(31)16-29)28-25(32)20-12-9-18(10-13-20)7-8-19-11-14-23(26-15-19)27-21-5-3-2-4-6-21/h9-15,17,21,24,29-30H,2-6,16H2,1H3,(H,26,27)(H,28,32)/t17-,24+/m1/s1. The summed E-state index contributed by atoms with van der Waals surface area (Å²) in [7, 11) is 0. The molecule has 1 heterocycles. The van der Waals surface area contributed by atoms with Crippen molar-refractivity contribution >= 4 is 17.5 Å².